The minimum Gasteiger partial charge on any atom is -0.370 e. The van der Waals surface area contributed by atoms with E-state index in [4.69, 9.17) is 5.73 Å². The molecule has 3 N–H and O–H groups in total. The van der Waals surface area contributed by atoms with Crippen molar-refractivity contribution in [3.8, 4) is 0 Å². The van der Waals surface area contributed by atoms with Gasteiger partial charge in [-0.1, -0.05) is 6.07 Å². The van der Waals surface area contributed by atoms with E-state index in [-0.39, 0.29) is 23.3 Å². The minimum atomic E-state index is -4.37. The lowest BCUT2D eigenvalue weighted by molar-refractivity contribution is -0.138. The van der Waals surface area contributed by atoms with E-state index in [9.17, 15) is 13.2 Å². The summed E-state index contributed by atoms with van der Waals surface area (Å²) in [5.74, 6) is 0.0991. The van der Waals surface area contributed by atoms with E-state index in [1.54, 1.807) is 0 Å². The molecule has 0 saturated heterocycles. The molecule has 0 aliphatic heterocycles. The Hall–Kier alpha value is -1.72. The predicted octanol–water partition coefficient (Wildman–Crippen LogP) is 3.15. The van der Waals surface area contributed by atoms with Crippen LogP contribution in [0.4, 0.5) is 18.9 Å². The molecule has 0 radical (unpaired) electrons. The summed E-state index contributed by atoms with van der Waals surface area (Å²) in [6.07, 6.45) is -4.37. The topological polar surface area (TPSA) is 50.4 Å². The van der Waals surface area contributed by atoms with Crippen molar-refractivity contribution in [2.75, 3.05) is 5.32 Å². The molecule has 100 valence electrons. The Morgan fingerprint density at radius 2 is 1.94 bits per heavy atom. The molecule has 3 nitrogen and oxygen atoms in total. The smallest absolute Gasteiger partial charge is 0.370 e. The Morgan fingerprint density at radius 3 is 2.44 bits per heavy atom. The fourth-order valence-corrected chi connectivity index (χ4v) is 1.46. The first-order valence-corrected chi connectivity index (χ1v) is 5.48. The third-order valence-electron chi connectivity index (χ3n) is 2.21. The molecule has 6 heteroatoms. The Morgan fingerprint density at radius 1 is 1.33 bits per heavy atom. The van der Waals surface area contributed by atoms with Crippen LogP contribution in [-0.2, 0) is 6.18 Å². The van der Waals surface area contributed by atoms with Gasteiger partial charge in [-0.25, -0.2) is 0 Å². The molecule has 0 aliphatic rings. The number of hydrogen-bond donors (Lipinski definition) is 2. The molecule has 0 fully saturated rings. The number of hydrogen-bond acceptors (Lipinski definition) is 1. The third kappa shape index (κ3) is 3.94. The van der Waals surface area contributed by atoms with Gasteiger partial charge in [0, 0.05) is 11.7 Å². The average Bonchev–Trinajstić information content (AvgIpc) is 2.17. The van der Waals surface area contributed by atoms with Gasteiger partial charge in [0.25, 0.3) is 0 Å². The fraction of sp³-hybridized carbons (Fsp3) is 0.417. The number of benzene rings is 1. The Bertz CT molecular complexity index is 450. The van der Waals surface area contributed by atoms with Gasteiger partial charge in [-0.05, 0) is 38.5 Å². The zero-order chi connectivity index (χ0) is 13.9. The molecule has 0 saturated carbocycles. The maximum Gasteiger partial charge on any atom is 0.416 e. The molecule has 0 aliphatic carbocycles. The molecule has 0 heterocycles. The zero-order valence-corrected chi connectivity index (χ0v) is 10.5. The van der Waals surface area contributed by atoms with E-state index >= 15 is 0 Å². The van der Waals surface area contributed by atoms with Crippen LogP contribution in [0.2, 0.25) is 0 Å². The molecule has 1 rings (SSSR count). The van der Waals surface area contributed by atoms with Crippen molar-refractivity contribution in [2.45, 2.75) is 33.0 Å². The maximum atomic E-state index is 12.7. The van der Waals surface area contributed by atoms with Crippen LogP contribution in [0.1, 0.15) is 25.0 Å². The molecule has 1 aromatic rings. The van der Waals surface area contributed by atoms with Crippen molar-refractivity contribution >= 4 is 11.6 Å². The first-order valence-electron chi connectivity index (χ1n) is 5.48. The zero-order valence-electron chi connectivity index (χ0n) is 10.5. The van der Waals surface area contributed by atoms with E-state index in [2.05, 4.69) is 10.3 Å². The Labute approximate surface area is 104 Å². The normalized spacial score (nSPS) is 12.9. The van der Waals surface area contributed by atoms with Crippen LogP contribution in [0.15, 0.2) is 23.2 Å². The highest BCUT2D eigenvalue weighted by molar-refractivity contribution is 5.92. The summed E-state index contributed by atoms with van der Waals surface area (Å²) in [7, 11) is 0. The SMILES string of the molecule is Cc1ccc(NC(N)=NC(C)C)cc1C(F)(F)F. The summed E-state index contributed by atoms with van der Waals surface area (Å²) in [5.41, 5.74) is 5.33. The van der Waals surface area contributed by atoms with Gasteiger partial charge in [0.05, 0.1) is 5.56 Å². The van der Waals surface area contributed by atoms with Crippen LogP contribution >= 0.6 is 0 Å². The fourth-order valence-electron chi connectivity index (χ4n) is 1.46. The minimum absolute atomic E-state index is 0.0231. The highest BCUT2D eigenvalue weighted by atomic mass is 19.4. The number of guanidine groups is 1. The van der Waals surface area contributed by atoms with Crippen LogP contribution < -0.4 is 11.1 Å². The van der Waals surface area contributed by atoms with Gasteiger partial charge in [0.1, 0.15) is 0 Å². The van der Waals surface area contributed by atoms with Gasteiger partial charge in [-0.15, -0.1) is 0 Å². The molecule has 18 heavy (non-hydrogen) atoms. The third-order valence-corrected chi connectivity index (χ3v) is 2.21. The summed E-state index contributed by atoms with van der Waals surface area (Å²) in [5, 5.41) is 2.64. The number of anilines is 1. The van der Waals surface area contributed by atoms with E-state index < -0.39 is 11.7 Å². The van der Waals surface area contributed by atoms with E-state index in [0.717, 1.165) is 6.07 Å². The first-order chi connectivity index (χ1) is 8.20. The number of aliphatic imine (C=N–C) groups is 1. The van der Waals surface area contributed by atoms with Gasteiger partial charge < -0.3 is 11.1 Å². The number of halogens is 3. The number of aryl methyl sites for hydroxylation is 1. The number of nitrogens with one attached hydrogen (secondary N) is 1. The molecular formula is C12H16F3N3. The summed E-state index contributed by atoms with van der Waals surface area (Å²) in [4.78, 5) is 3.99. The van der Waals surface area contributed by atoms with Gasteiger partial charge in [-0.3, -0.25) is 4.99 Å². The van der Waals surface area contributed by atoms with E-state index in [1.165, 1.54) is 19.1 Å². The standard InChI is InChI=1S/C12H16F3N3/c1-7(2)17-11(16)18-9-5-4-8(3)10(6-9)12(13,14)15/h4-7H,1-3H3,(H3,16,17,18). The van der Waals surface area contributed by atoms with Crippen LogP contribution in [0.25, 0.3) is 0 Å². The van der Waals surface area contributed by atoms with Crippen LogP contribution in [0.5, 0.6) is 0 Å². The van der Waals surface area contributed by atoms with Gasteiger partial charge in [-0.2, -0.15) is 13.2 Å². The van der Waals surface area contributed by atoms with Crippen molar-refractivity contribution in [1.29, 1.82) is 0 Å². The largest absolute Gasteiger partial charge is 0.416 e. The van der Waals surface area contributed by atoms with Crippen LogP contribution in [-0.4, -0.2) is 12.0 Å². The van der Waals surface area contributed by atoms with Crippen molar-refractivity contribution in [2.24, 2.45) is 10.7 Å². The number of rotatable bonds is 2. The molecule has 0 aromatic heterocycles. The molecule has 1 aromatic carbocycles. The van der Waals surface area contributed by atoms with Crippen LogP contribution in [0, 0.1) is 6.92 Å². The van der Waals surface area contributed by atoms with Gasteiger partial charge >= 0.3 is 6.18 Å². The van der Waals surface area contributed by atoms with Crippen molar-refractivity contribution < 1.29 is 13.2 Å². The molecular weight excluding hydrogens is 243 g/mol. The van der Waals surface area contributed by atoms with Crippen molar-refractivity contribution in [1.82, 2.24) is 0 Å². The molecule has 0 spiro atoms. The highest BCUT2D eigenvalue weighted by Gasteiger charge is 2.32. The molecule has 0 unspecified atom stereocenters. The first kappa shape index (κ1) is 14.3. The Balaban J connectivity index is 3.00. The van der Waals surface area contributed by atoms with E-state index in [0.29, 0.717) is 0 Å². The lowest BCUT2D eigenvalue weighted by Gasteiger charge is -2.13. The molecule has 0 amide bonds. The second-order valence-corrected chi connectivity index (χ2v) is 4.26. The molecule has 0 atom stereocenters. The van der Waals surface area contributed by atoms with Gasteiger partial charge in [0.15, 0.2) is 5.96 Å². The van der Waals surface area contributed by atoms with Gasteiger partial charge in [0.2, 0.25) is 0 Å². The second kappa shape index (κ2) is 5.29. The maximum absolute atomic E-state index is 12.7. The highest BCUT2D eigenvalue weighted by Crippen LogP contribution is 2.33. The van der Waals surface area contributed by atoms with Crippen LogP contribution in [0.3, 0.4) is 0 Å². The van der Waals surface area contributed by atoms with Crippen molar-refractivity contribution in [3.63, 3.8) is 0 Å². The summed E-state index contributed by atoms with van der Waals surface area (Å²) in [6, 6.07) is 3.93. The summed E-state index contributed by atoms with van der Waals surface area (Å²) in [6.45, 7) is 5.06. The lowest BCUT2D eigenvalue weighted by Crippen LogP contribution is -2.24. The lowest BCUT2D eigenvalue weighted by atomic mass is 10.1. The quantitative estimate of drug-likeness (QED) is 0.633. The Kier molecular flexibility index (Phi) is 4.21. The number of alkyl halides is 3. The molecule has 0 bridgehead atoms. The number of nitrogens with zero attached hydrogens (tertiary/aromatic N) is 1. The average molecular weight is 259 g/mol. The summed E-state index contributed by atoms with van der Waals surface area (Å²) < 4.78 is 38.1. The van der Waals surface area contributed by atoms with Crippen molar-refractivity contribution in [3.05, 3.63) is 29.3 Å². The van der Waals surface area contributed by atoms with E-state index in [1.807, 2.05) is 13.8 Å². The predicted molar refractivity (Wildman–Crippen MR) is 66.6 cm³/mol. The number of nitrogens with two attached hydrogens (primary N) is 1. The summed E-state index contributed by atoms with van der Waals surface area (Å²) >= 11 is 0. The monoisotopic (exact) mass is 259 g/mol. The second-order valence-electron chi connectivity index (χ2n) is 4.26.